The van der Waals surface area contributed by atoms with Gasteiger partial charge in [0.25, 0.3) is 0 Å². The summed E-state index contributed by atoms with van der Waals surface area (Å²) in [6.45, 7) is 9.57. The lowest BCUT2D eigenvalue weighted by Gasteiger charge is -2.46. The quantitative estimate of drug-likeness (QED) is 0.790. The Bertz CT molecular complexity index is 804. The second-order valence-electron chi connectivity index (χ2n) is 9.83. The largest absolute Gasteiger partial charge is 0.345 e. The number of fused-ring (bicyclic) bond motifs is 1. The second kappa shape index (κ2) is 8.04. The van der Waals surface area contributed by atoms with E-state index in [0.717, 1.165) is 51.1 Å². The Hall–Kier alpha value is -1.79. The van der Waals surface area contributed by atoms with Gasteiger partial charge in [0.15, 0.2) is 0 Å². The molecule has 4 rings (SSSR count). The minimum atomic E-state index is -0.282. The maximum atomic E-state index is 13.3. The molecule has 164 valence electrons. The van der Waals surface area contributed by atoms with Crippen LogP contribution in [0.25, 0.3) is 0 Å². The summed E-state index contributed by atoms with van der Waals surface area (Å²) in [6.07, 6.45) is 2.71. The van der Waals surface area contributed by atoms with Crippen LogP contribution in [0.4, 0.5) is 10.5 Å². The molecule has 2 spiro atoms. The highest BCUT2D eigenvalue weighted by Gasteiger charge is 2.64. The smallest absolute Gasteiger partial charge is 0.321 e. The number of likely N-dealkylation sites (tertiary alicyclic amines) is 3. The molecule has 0 aliphatic carbocycles. The van der Waals surface area contributed by atoms with Gasteiger partial charge in [-0.25, -0.2) is 4.79 Å². The van der Waals surface area contributed by atoms with Crippen LogP contribution in [-0.2, 0) is 4.79 Å². The Balaban J connectivity index is 1.47. The molecule has 7 heteroatoms. The van der Waals surface area contributed by atoms with Gasteiger partial charge in [0.1, 0.15) is 0 Å². The fourth-order valence-electron chi connectivity index (χ4n) is 5.91. The third-order valence-corrected chi connectivity index (χ3v) is 7.64. The molecule has 3 amide bonds. The number of nitrogens with one attached hydrogen (secondary N) is 1. The summed E-state index contributed by atoms with van der Waals surface area (Å²) >= 11 is 5.93. The fourth-order valence-corrected chi connectivity index (χ4v) is 6.04. The molecule has 3 fully saturated rings. The van der Waals surface area contributed by atoms with E-state index in [0.29, 0.717) is 29.9 Å². The minimum Gasteiger partial charge on any atom is -0.345 e. The van der Waals surface area contributed by atoms with Crippen LogP contribution in [0.1, 0.15) is 33.1 Å². The SMILES string of the molecule is CC(C)CN1CC2(CCN(C(=O)Nc3ccc(Cl)cc3)CC2)[C@@]2(CCN(C)C2=O)C1. The van der Waals surface area contributed by atoms with E-state index in [1.807, 2.05) is 29.0 Å². The molecule has 3 saturated heterocycles. The Morgan fingerprint density at radius 2 is 1.77 bits per heavy atom. The van der Waals surface area contributed by atoms with Crippen molar-refractivity contribution in [3.63, 3.8) is 0 Å². The predicted molar refractivity (Wildman–Crippen MR) is 120 cm³/mol. The number of anilines is 1. The molecule has 0 saturated carbocycles. The number of rotatable bonds is 3. The van der Waals surface area contributed by atoms with Crippen molar-refractivity contribution < 1.29 is 9.59 Å². The highest BCUT2D eigenvalue weighted by atomic mass is 35.5. The number of carbonyl (C=O) groups is 2. The molecular formula is C23H33ClN4O2. The molecule has 0 aromatic heterocycles. The molecule has 6 nitrogen and oxygen atoms in total. The summed E-state index contributed by atoms with van der Waals surface area (Å²) in [4.78, 5) is 32.4. The standard InChI is InChI=1S/C23H33ClN4O2/c1-17(2)14-27-15-22(23(16-27)10-11-26(3)20(23)29)8-12-28(13-9-22)21(30)25-19-6-4-18(24)5-7-19/h4-7,17H,8-16H2,1-3H3,(H,25,30)/t23-/m0/s1. The lowest BCUT2D eigenvalue weighted by molar-refractivity contribution is -0.141. The number of halogens is 1. The molecule has 1 N–H and O–H groups in total. The summed E-state index contributed by atoms with van der Waals surface area (Å²) < 4.78 is 0. The van der Waals surface area contributed by atoms with E-state index in [1.54, 1.807) is 12.1 Å². The van der Waals surface area contributed by atoms with E-state index in [1.165, 1.54) is 0 Å². The molecular weight excluding hydrogens is 400 g/mol. The van der Waals surface area contributed by atoms with Crippen LogP contribution >= 0.6 is 11.6 Å². The van der Waals surface area contributed by atoms with Crippen molar-refractivity contribution in [1.82, 2.24) is 14.7 Å². The Kier molecular flexibility index (Phi) is 5.75. The van der Waals surface area contributed by atoms with Gasteiger partial charge in [0.2, 0.25) is 5.91 Å². The number of nitrogens with zero attached hydrogens (tertiary/aromatic N) is 3. The van der Waals surface area contributed by atoms with Crippen LogP contribution in [0, 0.1) is 16.7 Å². The van der Waals surface area contributed by atoms with Crippen LogP contribution in [0.2, 0.25) is 5.02 Å². The first-order valence-corrected chi connectivity index (χ1v) is 11.4. The zero-order valence-corrected chi connectivity index (χ0v) is 19.0. The molecule has 0 unspecified atom stereocenters. The van der Waals surface area contributed by atoms with Crippen LogP contribution < -0.4 is 5.32 Å². The summed E-state index contributed by atoms with van der Waals surface area (Å²) in [7, 11) is 1.94. The molecule has 30 heavy (non-hydrogen) atoms. The molecule has 1 aromatic rings. The lowest BCUT2D eigenvalue weighted by Crippen LogP contribution is -2.54. The Morgan fingerprint density at radius 3 is 2.33 bits per heavy atom. The first kappa shape index (κ1) is 21.4. The summed E-state index contributed by atoms with van der Waals surface area (Å²) in [6, 6.07) is 7.10. The summed E-state index contributed by atoms with van der Waals surface area (Å²) in [5, 5.41) is 3.62. The molecule has 3 heterocycles. The molecule has 3 aliphatic rings. The average molecular weight is 433 g/mol. The van der Waals surface area contributed by atoms with Crippen LogP contribution in [0.5, 0.6) is 0 Å². The second-order valence-corrected chi connectivity index (χ2v) is 10.3. The average Bonchev–Trinajstić information content (AvgIpc) is 3.15. The minimum absolute atomic E-state index is 0.0270. The highest BCUT2D eigenvalue weighted by Crippen LogP contribution is 2.57. The van der Waals surface area contributed by atoms with E-state index in [-0.39, 0.29) is 16.9 Å². The predicted octanol–water partition coefficient (Wildman–Crippen LogP) is 3.77. The third-order valence-electron chi connectivity index (χ3n) is 7.39. The number of carbonyl (C=O) groups excluding carboxylic acids is 2. The van der Waals surface area contributed by atoms with E-state index in [2.05, 4.69) is 24.1 Å². The molecule has 0 bridgehead atoms. The molecule has 0 radical (unpaired) electrons. The number of benzene rings is 1. The number of hydrogen-bond acceptors (Lipinski definition) is 3. The van der Waals surface area contributed by atoms with Crippen molar-refractivity contribution in [3.05, 3.63) is 29.3 Å². The molecule has 3 aliphatic heterocycles. The van der Waals surface area contributed by atoms with Crippen molar-refractivity contribution in [2.24, 2.45) is 16.7 Å². The van der Waals surface area contributed by atoms with Crippen molar-refractivity contribution in [3.8, 4) is 0 Å². The lowest BCUT2D eigenvalue weighted by atomic mass is 9.60. The fraction of sp³-hybridized carbons (Fsp3) is 0.652. The van der Waals surface area contributed by atoms with Gasteiger partial charge >= 0.3 is 6.03 Å². The van der Waals surface area contributed by atoms with Gasteiger partial charge in [-0.1, -0.05) is 25.4 Å². The van der Waals surface area contributed by atoms with Gasteiger partial charge in [-0.05, 0) is 49.4 Å². The van der Waals surface area contributed by atoms with Gasteiger partial charge in [-0.3, -0.25) is 4.79 Å². The van der Waals surface area contributed by atoms with Crippen molar-refractivity contribution in [2.45, 2.75) is 33.1 Å². The summed E-state index contributed by atoms with van der Waals surface area (Å²) in [5.74, 6) is 0.893. The normalized spacial score (nSPS) is 26.4. The molecule has 1 aromatic carbocycles. The number of hydrogen-bond donors (Lipinski definition) is 1. The van der Waals surface area contributed by atoms with Crippen LogP contribution in [0.15, 0.2) is 24.3 Å². The zero-order chi connectivity index (χ0) is 21.5. The maximum absolute atomic E-state index is 13.3. The van der Waals surface area contributed by atoms with E-state index >= 15 is 0 Å². The first-order valence-electron chi connectivity index (χ1n) is 11.0. The first-order chi connectivity index (χ1) is 14.2. The van der Waals surface area contributed by atoms with Crippen LogP contribution in [0.3, 0.4) is 0 Å². The van der Waals surface area contributed by atoms with Gasteiger partial charge < -0.3 is 20.0 Å². The summed E-state index contributed by atoms with van der Waals surface area (Å²) in [5.41, 5.74) is 0.439. The third kappa shape index (κ3) is 3.69. The van der Waals surface area contributed by atoms with Gasteiger partial charge in [-0.15, -0.1) is 0 Å². The van der Waals surface area contributed by atoms with E-state index < -0.39 is 0 Å². The topological polar surface area (TPSA) is 55.9 Å². The molecule has 1 atom stereocenters. The van der Waals surface area contributed by atoms with Gasteiger partial charge in [0.05, 0.1) is 5.41 Å². The zero-order valence-electron chi connectivity index (χ0n) is 18.3. The monoisotopic (exact) mass is 432 g/mol. The van der Waals surface area contributed by atoms with Crippen molar-refractivity contribution in [2.75, 3.05) is 51.6 Å². The van der Waals surface area contributed by atoms with Crippen LogP contribution in [-0.4, -0.2) is 73.0 Å². The van der Waals surface area contributed by atoms with E-state index in [9.17, 15) is 9.59 Å². The van der Waals surface area contributed by atoms with Crippen molar-refractivity contribution in [1.29, 1.82) is 0 Å². The Morgan fingerprint density at radius 1 is 1.10 bits per heavy atom. The maximum Gasteiger partial charge on any atom is 0.321 e. The number of piperidine rings is 1. The number of urea groups is 1. The van der Waals surface area contributed by atoms with Crippen molar-refractivity contribution >= 4 is 29.2 Å². The van der Waals surface area contributed by atoms with Gasteiger partial charge in [-0.2, -0.15) is 0 Å². The van der Waals surface area contributed by atoms with E-state index in [4.69, 9.17) is 11.6 Å². The highest BCUT2D eigenvalue weighted by molar-refractivity contribution is 6.30. The number of amides is 3. The van der Waals surface area contributed by atoms with Gasteiger partial charge in [0, 0.05) is 62.4 Å². The Labute approximate surface area is 184 Å².